The van der Waals surface area contributed by atoms with Crippen molar-refractivity contribution in [2.45, 2.75) is 6.61 Å². The van der Waals surface area contributed by atoms with Gasteiger partial charge in [0.1, 0.15) is 17.7 Å². The van der Waals surface area contributed by atoms with Crippen LogP contribution in [0.2, 0.25) is 0 Å². The van der Waals surface area contributed by atoms with Gasteiger partial charge in [0.05, 0.1) is 7.11 Å². The number of carbonyl (C=O) groups is 1. The number of hydrogen-bond donors (Lipinski definition) is 0. The largest absolute Gasteiger partial charge is 0.465 e. The van der Waals surface area contributed by atoms with E-state index in [1.54, 1.807) is 19.2 Å². The first kappa shape index (κ1) is 12.1. The molecule has 0 bridgehead atoms. The fourth-order valence-corrected chi connectivity index (χ4v) is 1.94. The predicted molar refractivity (Wildman–Crippen MR) is 63.8 cm³/mol. The van der Waals surface area contributed by atoms with Crippen molar-refractivity contribution in [3.8, 4) is 0 Å². The van der Waals surface area contributed by atoms with Gasteiger partial charge in [-0.2, -0.15) is 0 Å². The Morgan fingerprint density at radius 1 is 1.47 bits per heavy atom. The van der Waals surface area contributed by atoms with Gasteiger partial charge in [-0.15, -0.1) is 0 Å². The van der Waals surface area contributed by atoms with Crippen LogP contribution < -0.4 is 0 Å². The summed E-state index contributed by atoms with van der Waals surface area (Å²) in [6, 6.07) is 3.40. The molecule has 6 heteroatoms. The van der Waals surface area contributed by atoms with Crippen LogP contribution in [0, 0.1) is 0 Å². The van der Waals surface area contributed by atoms with E-state index in [4.69, 9.17) is 9.15 Å². The molecule has 1 aromatic heterocycles. The van der Waals surface area contributed by atoms with Gasteiger partial charge >= 0.3 is 5.97 Å². The summed E-state index contributed by atoms with van der Waals surface area (Å²) in [6.45, 7) is 0.257. The van der Waals surface area contributed by atoms with Crippen LogP contribution in [-0.2, 0) is 16.1 Å². The topological polar surface area (TPSA) is 61.6 Å². The van der Waals surface area contributed by atoms with Crippen LogP contribution in [0.4, 0.5) is 0 Å². The van der Waals surface area contributed by atoms with Gasteiger partial charge in [-0.1, -0.05) is 15.9 Å². The van der Waals surface area contributed by atoms with Crippen molar-refractivity contribution in [2.24, 2.45) is 0 Å². The number of halogens is 1. The number of benzene rings is 1. The summed E-state index contributed by atoms with van der Waals surface area (Å²) in [7, 11) is 2.87. The van der Waals surface area contributed by atoms with Gasteiger partial charge in [0, 0.05) is 11.6 Å². The highest BCUT2D eigenvalue weighted by molar-refractivity contribution is 9.10. The van der Waals surface area contributed by atoms with E-state index >= 15 is 0 Å². The Morgan fingerprint density at radius 2 is 2.24 bits per heavy atom. The number of hydrogen-bond acceptors (Lipinski definition) is 5. The average Bonchev–Trinajstić information content (AvgIpc) is 2.69. The summed E-state index contributed by atoms with van der Waals surface area (Å²) in [5.41, 5.74) is 1.34. The van der Waals surface area contributed by atoms with Crippen LogP contribution in [0.5, 0.6) is 0 Å². The Morgan fingerprint density at radius 3 is 2.88 bits per heavy atom. The summed E-state index contributed by atoms with van der Waals surface area (Å²) < 4.78 is 15.8. The highest BCUT2D eigenvalue weighted by Crippen LogP contribution is 2.25. The lowest BCUT2D eigenvalue weighted by atomic mass is 10.2. The van der Waals surface area contributed by atoms with Gasteiger partial charge in [-0.05, 0) is 12.1 Å². The molecule has 2 aromatic rings. The van der Waals surface area contributed by atoms with E-state index in [0.29, 0.717) is 22.6 Å². The third-order valence-corrected chi connectivity index (χ3v) is 2.63. The summed E-state index contributed by atoms with van der Waals surface area (Å²) in [6.07, 6.45) is 0. The van der Waals surface area contributed by atoms with Gasteiger partial charge in [0.25, 0.3) is 0 Å². The van der Waals surface area contributed by atoms with Crippen molar-refractivity contribution in [2.75, 3.05) is 14.2 Å². The molecule has 0 aliphatic heterocycles. The number of esters is 1. The minimum atomic E-state index is -0.462. The van der Waals surface area contributed by atoms with Crippen LogP contribution in [0.3, 0.4) is 0 Å². The van der Waals surface area contributed by atoms with Crippen molar-refractivity contribution in [1.82, 2.24) is 4.98 Å². The molecule has 1 heterocycles. The number of ether oxygens (including phenoxy) is 2. The first-order valence-corrected chi connectivity index (χ1v) is 5.61. The first-order chi connectivity index (χ1) is 8.15. The molecular weight excluding hydrogens is 290 g/mol. The number of nitrogens with zero attached hydrogens (tertiary/aromatic N) is 1. The zero-order valence-corrected chi connectivity index (χ0v) is 10.9. The van der Waals surface area contributed by atoms with Crippen LogP contribution in [0.15, 0.2) is 21.0 Å². The fourth-order valence-electron chi connectivity index (χ4n) is 1.49. The molecular formula is C11H10BrNO4. The minimum Gasteiger partial charge on any atom is -0.465 e. The number of carbonyl (C=O) groups excluding carboxylic acids is 1. The smallest absolute Gasteiger partial charge is 0.341 e. The van der Waals surface area contributed by atoms with E-state index < -0.39 is 5.97 Å². The highest BCUT2D eigenvalue weighted by atomic mass is 79.9. The summed E-state index contributed by atoms with van der Waals surface area (Å²) >= 11 is 3.31. The zero-order chi connectivity index (χ0) is 12.4. The zero-order valence-electron chi connectivity index (χ0n) is 9.32. The third kappa shape index (κ3) is 2.32. The second-order valence-electron chi connectivity index (χ2n) is 3.33. The highest BCUT2D eigenvalue weighted by Gasteiger charge is 2.17. The van der Waals surface area contributed by atoms with Gasteiger partial charge in [-0.25, -0.2) is 9.78 Å². The maximum Gasteiger partial charge on any atom is 0.341 e. The van der Waals surface area contributed by atoms with Crippen LogP contribution >= 0.6 is 15.9 Å². The van der Waals surface area contributed by atoms with E-state index in [9.17, 15) is 4.79 Å². The summed E-state index contributed by atoms with van der Waals surface area (Å²) in [5, 5.41) is 0. The molecule has 0 radical (unpaired) electrons. The Bertz CT molecular complexity index is 564. The molecule has 0 spiro atoms. The number of fused-ring (bicyclic) bond motifs is 1. The van der Waals surface area contributed by atoms with Gasteiger partial charge in [0.15, 0.2) is 5.58 Å². The lowest BCUT2D eigenvalue weighted by molar-refractivity contribution is 0.0601. The number of aromatic nitrogens is 1. The molecule has 0 atom stereocenters. The molecule has 17 heavy (non-hydrogen) atoms. The molecule has 0 N–H and O–H groups in total. The third-order valence-electron chi connectivity index (χ3n) is 2.17. The van der Waals surface area contributed by atoms with Crippen molar-refractivity contribution in [3.63, 3.8) is 0 Å². The first-order valence-electron chi connectivity index (χ1n) is 4.82. The second-order valence-corrected chi connectivity index (χ2v) is 4.25. The molecule has 1 aromatic carbocycles. The predicted octanol–water partition coefficient (Wildman–Crippen LogP) is 2.52. The fraction of sp³-hybridized carbons (Fsp3) is 0.273. The molecule has 90 valence electrons. The van der Waals surface area contributed by atoms with Gasteiger partial charge in [-0.3, -0.25) is 0 Å². The van der Waals surface area contributed by atoms with Gasteiger partial charge in [0.2, 0.25) is 5.89 Å². The quantitative estimate of drug-likeness (QED) is 0.815. The van der Waals surface area contributed by atoms with E-state index in [2.05, 4.69) is 25.7 Å². The normalized spacial score (nSPS) is 10.8. The van der Waals surface area contributed by atoms with Crippen molar-refractivity contribution in [3.05, 3.63) is 28.1 Å². The van der Waals surface area contributed by atoms with Gasteiger partial charge < -0.3 is 13.9 Å². The van der Waals surface area contributed by atoms with Crippen LogP contribution in [0.1, 0.15) is 16.2 Å². The Balaban J connectivity index is 2.61. The Labute approximate surface area is 106 Å². The van der Waals surface area contributed by atoms with Crippen LogP contribution in [-0.4, -0.2) is 25.2 Å². The molecule has 0 aliphatic rings. The van der Waals surface area contributed by atoms with Crippen molar-refractivity contribution in [1.29, 1.82) is 0 Å². The van der Waals surface area contributed by atoms with Crippen LogP contribution in [0.25, 0.3) is 11.1 Å². The van der Waals surface area contributed by atoms with E-state index in [1.807, 2.05) is 0 Å². The molecule has 0 unspecified atom stereocenters. The average molecular weight is 300 g/mol. The molecule has 0 aliphatic carbocycles. The minimum absolute atomic E-state index is 0.257. The van der Waals surface area contributed by atoms with E-state index in [-0.39, 0.29) is 6.61 Å². The maximum atomic E-state index is 11.6. The summed E-state index contributed by atoms with van der Waals surface area (Å²) in [5.74, 6) is -0.0397. The molecule has 0 saturated heterocycles. The molecule has 0 saturated carbocycles. The maximum absolute atomic E-state index is 11.6. The summed E-state index contributed by atoms with van der Waals surface area (Å²) in [4.78, 5) is 15.8. The van der Waals surface area contributed by atoms with Crippen molar-refractivity contribution >= 4 is 33.0 Å². The monoisotopic (exact) mass is 299 g/mol. The standard InChI is InChI=1S/C11H10BrNO4/c1-15-5-9-13-8-4-6(12)3-7(10(8)17-9)11(14)16-2/h3-4H,5H2,1-2H3. The molecule has 0 amide bonds. The van der Waals surface area contributed by atoms with E-state index in [0.717, 1.165) is 4.47 Å². The SMILES string of the molecule is COCc1nc2cc(Br)cc(C(=O)OC)c2o1. The van der Waals surface area contributed by atoms with Crippen molar-refractivity contribution < 1.29 is 18.7 Å². The molecule has 0 fully saturated rings. The van der Waals surface area contributed by atoms with E-state index in [1.165, 1.54) is 7.11 Å². The lowest BCUT2D eigenvalue weighted by Gasteiger charge is -2.00. The molecule has 5 nitrogen and oxygen atoms in total. The number of rotatable bonds is 3. The number of oxazole rings is 1. The second kappa shape index (κ2) is 4.85. The lowest BCUT2D eigenvalue weighted by Crippen LogP contribution is -2.01. The Kier molecular flexibility index (Phi) is 3.44. The number of methoxy groups -OCH3 is 2. The molecule has 2 rings (SSSR count). The Hall–Kier alpha value is -1.40.